The van der Waals surface area contributed by atoms with E-state index in [0.29, 0.717) is 17.5 Å². The third-order valence-electron chi connectivity index (χ3n) is 10.4. The number of pyridine rings is 1. The quantitative estimate of drug-likeness (QED) is 0.170. The molecule has 0 spiro atoms. The minimum absolute atomic E-state index is 0.586. The summed E-state index contributed by atoms with van der Waals surface area (Å²) in [5.41, 5.74) is 10.5. The van der Waals surface area contributed by atoms with Gasteiger partial charge in [-0.15, -0.1) is 0 Å². The summed E-state index contributed by atoms with van der Waals surface area (Å²) in [7, 11) is 0. The van der Waals surface area contributed by atoms with Crippen LogP contribution in [0.3, 0.4) is 0 Å². The van der Waals surface area contributed by atoms with E-state index in [4.69, 9.17) is 28.8 Å². The van der Waals surface area contributed by atoms with Crippen molar-refractivity contribution in [1.29, 1.82) is 0 Å². The average molecular weight is 719 g/mol. The zero-order valence-electron chi connectivity index (χ0n) is 29.9. The molecule has 0 amide bonds. The first-order chi connectivity index (χ1) is 27.8. The number of furan rings is 2. The van der Waals surface area contributed by atoms with Gasteiger partial charge in [0.25, 0.3) is 0 Å². The molecule has 0 unspecified atom stereocenters. The van der Waals surface area contributed by atoms with Crippen LogP contribution in [0.1, 0.15) is 0 Å². The largest absolute Gasteiger partial charge is 0.455 e. The highest BCUT2D eigenvalue weighted by Gasteiger charge is 2.26. The number of hydrogen-bond donors (Lipinski definition) is 0. The molecule has 0 aliphatic rings. The molecule has 7 aromatic carbocycles. The van der Waals surface area contributed by atoms with Gasteiger partial charge < -0.3 is 8.83 Å². The molecule has 0 saturated carbocycles. The van der Waals surface area contributed by atoms with Crippen LogP contribution >= 0.6 is 0 Å². The number of para-hydroxylation sites is 3. The first-order valence-electron chi connectivity index (χ1n) is 18.6. The highest BCUT2D eigenvalue weighted by molar-refractivity contribution is 6.21. The summed E-state index contributed by atoms with van der Waals surface area (Å²) in [5.74, 6) is 2.54. The molecule has 56 heavy (non-hydrogen) atoms. The monoisotopic (exact) mass is 718 g/mol. The van der Waals surface area contributed by atoms with Crippen molar-refractivity contribution >= 4 is 43.8 Å². The van der Waals surface area contributed by atoms with Gasteiger partial charge in [-0.25, -0.2) is 19.9 Å². The zero-order valence-corrected chi connectivity index (χ0v) is 29.9. The molecular formula is C50H30N4O2. The van der Waals surface area contributed by atoms with E-state index in [1.807, 2.05) is 103 Å². The normalized spacial score (nSPS) is 11.6. The molecule has 6 nitrogen and oxygen atoms in total. The molecular weight excluding hydrogens is 689 g/mol. The van der Waals surface area contributed by atoms with Gasteiger partial charge in [0.1, 0.15) is 22.6 Å². The Morgan fingerprint density at radius 1 is 0.339 bits per heavy atom. The Labute approximate surface area is 321 Å². The predicted molar refractivity (Wildman–Crippen MR) is 225 cm³/mol. The molecule has 0 fully saturated rings. The molecule has 0 N–H and O–H groups in total. The Kier molecular flexibility index (Phi) is 7.38. The Morgan fingerprint density at radius 3 is 1.52 bits per heavy atom. The topological polar surface area (TPSA) is 77.8 Å². The minimum atomic E-state index is 0.586. The first kappa shape index (κ1) is 31.8. The van der Waals surface area contributed by atoms with Gasteiger partial charge in [-0.2, -0.15) is 0 Å². The molecule has 0 aliphatic carbocycles. The van der Waals surface area contributed by atoms with Crippen LogP contribution in [0.25, 0.3) is 112 Å². The van der Waals surface area contributed by atoms with E-state index in [9.17, 15) is 0 Å². The first-order valence-corrected chi connectivity index (χ1v) is 18.6. The van der Waals surface area contributed by atoms with Crippen molar-refractivity contribution in [3.05, 3.63) is 182 Å². The third-order valence-corrected chi connectivity index (χ3v) is 10.4. The van der Waals surface area contributed by atoms with Crippen LogP contribution in [0, 0.1) is 0 Å². The van der Waals surface area contributed by atoms with Crippen LogP contribution in [-0.2, 0) is 0 Å². The van der Waals surface area contributed by atoms with E-state index < -0.39 is 0 Å². The van der Waals surface area contributed by atoms with E-state index in [1.165, 1.54) is 0 Å². The van der Waals surface area contributed by atoms with E-state index in [0.717, 1.165) is 94.2 Å². The smallest absolute Gasteiger partial charge is 0.164 e. The molecule has 0 atom stereocenters. The number of benzene rings is 7. The van der Waals surface area contributed by atoms with Crippen LogP contribution in [0.5, 0.6) is 0 Å². The summed E-state index contributed by atoms with van der Waals surface area (Å²) in [6.45, 7) is 0. The van der Waals surface area contributed by atoms with Crippen molar-refractivity contribution in [3.8, 4) is 67.9 Å². The maximum Gasteiger partial charge on any atom is 0.164 e. The van der Waals surface area contributed by atoms with Gasteiger partial charge in [-0.1, -0.05) is 170 Å². The molecule has 6 heteroatoms. The van der Waals surface area contributed by atoms with E-state index in [2.05, 4.69) is 78.9 Å². The fourth-order valence-corrected chi connectivity index (χ4v) is 7.71. The lowest BCUT2D eigenvalue weighted by atomic mass is 9.94. The van der Waals surface area contributed by atoms with Crippen LogP contribution < -0.4 is 0 Å². The lowest BCUT2D eigenvalue weighted by Crippen LogP contribution is -2.00. The van der Waals surface area contributed by atoms with Gasteiger partial charge in [-0.05, 0) is 12.1 Å². The Hall–Kier alpha value is -7.70. The van der Waals surface area contributed by atoms with Crippen LogP contribution in [0.15, 0.2) is 191 Å². The van der Waals surface area contributed by atoms with E-state index in [-0.39, 0.29) is 0 Å². The predicted octanol–water partition coefficient (Wildman–Crippen LogP) is 13.1. The van der Waals surface area contributed by atoms with Gasteiger partial charge in [0.15, 0.2) is 23.1 Å². The van der Waals surface area contributed by atoms with Gasteiger partial charge in [0.2, 0.25) is 0 Å². The van der Waals surface area contributed by atoms with Crippen molar-refractivity contribution in [3.63, 3.8) is 0 Å². The van der Waals surface area contributed by atoms with Crippen molar-refractivity contribution in [2.75, 3.05) is 0 Å². The van der Waals surface area contributed by atoms with Crippen molar-refractivity contribution < 1.29 is 8.83 Å². The van der Waals surface area contributed by atoms with Crippen molar-refractivity contribution in [2.24, 2.45) is 0 Å². The molecule has 4 aromatic heterocycles. The minimum Gasteiger partial charge on any atom is -0.455 e. The standard InChI is InChI=1S/C50H30N4O2/c1-4-15-31(16-5-1)44-47-42(38-22-10-12-25-40(38)51-44)43(39-24-14-23-37-36-21-11-13-26-41(36)55-46(37)39)45(56-47)32-27-29-35(30-28-32)50-53-48(33-17-6-2-7-18-33)52-49(54-50)34-19-8-3-9-20-34/h1-30H. The second-order valence-electron chi connectivity index (χ2n) is 13.8. The molecule has 0 radical (unpaired) electrons. The molecule has 0 aliphatic heterocycles. The number of rotatable bonds is 6. The van der Waals surface area contributed by atoms with Gasteiger partial charge in [0, 0.05) is 60.5 Å². The van der Waals surface area contributed by atoms with Crippen molar-refractivity contribution in [2.45, 2.75) is 0 Å². The molecule has 11 aromatic rings. The third kappa shape index (κ3) is 5.27. The highest BCUT2D eigenvalue weighted by atomic mass is 16.3. The van der Waals surface area contributed by atoms with Crippen LogP contribution in [-0.4, -0.2) is 19.9 Å². The SMILES string of the molecule is c1ccc(-c2nc(-c3ccccc3)nc(-c3ccc(-c4oc5c(-c6ccccc6)nc6ccccc6c5c4-c4cccc5c4oc4ccccc45)cc3)n2)cc1. The Morgan fingerprint density at radius 2 is 0.857 bits per heavy atom. The van der Waals surface area contributed by atoms with E-state index in [1.54, 1.807) is 0 Å². The van der Waals surface area contributed by atoms with Crippen LogP contribution in [0.2, 0.25) is 0 Å². The molecule has 4 heterocycles. The van der Waals surface area contributed by atoms with Crippen molar-refractivity contribution in [1.82, 2.24) is 19.9 Å². The number of fused-ring (bicyclic) bond motifs is 6. The zero-order chi connectivity index (χ0) is 37.0. The fourth-order valence-electron chi connectivity index (χ4n) is 7.71. The summed E-state index contributed by atoms with van der Waals surface area (Å²) in [4.78, 5) is 20.0. The summed E-state index contributed by atoms with van der Waals surface area (Å²) in [6, 6.07) is 61.4. The summed E-state index contributed by atoms with van der Waals surface area (Å²) >= 11 is 0. The lowest BCUT2D eigenvalue weighted by Gasteiger charge is -2.09. The van der Waals surface area contributed by atoms with Crippen LogP contribution in [0.4, 0.5) is 0 Å². The Balaban J connectivity index is 1.16. The number of nitrogens with zero attached hydrogens (tertiary/aromatic N) is 4. The molecule has 0 bridgehead atoms. The number of aromatic nitrogens is 4. The van der Waals surface area contributed by atoms with E-state index >= 15 is 0 Å². The lowest BCUT2D eigenvalue weighted by molar-refractivity contribution is 0.632. The number of hydrogen-bond acceptors (Lipinski definition) is 6. The molecule has 0 saturated heterocycles. The summed E-state index contributed by atoms with van der Waals surface area (Å²) in [6.07, 6.45) is 0. The Bertz CT molecular complexity index is 3170. The van der Waals surface area contributed by atoms with Gasteiger partial charge in [0.05, 0.1) is 5.52 Å². The maximum absolute atomic E-state index is 7.11. The van der Waals surface area contributed by atoms with Gasteiger partial charge in [-0.3, -0.25) is 0 Å². The second-order valence-corrected chi connectivity index (χ2v) is 13.8. The highest BCUT2D eigenvalue weighted by Crippen LogP contribution is 2.49. The summed E-state index contributed by atoms with van der Waals surface area (Å²) < 4.78 is 13.8. The van der Waals surface area contributed by atoms with Gasteiger partial charge >= 0.3 is 0 Å². The molecule has 11 rings (SSSR count). The average Bonchev–Trinajstić information content (AvgIpc) is 3.87. The maximum atomic E-state index is 7.11. The fraction of sp³-hybridized carbons (Fsp3) is 0. The molecule has 262 valence electrons. The summed E-state index contributed by atoms with van der Waals surface area (Å²) in [5, 5.41) is 4.11. The second kappa shape index (κ2) is 13.0.